The van der Waals surface area contributed by atoms with Crippen LogP contribution in [0, 0.1) is 0 Å². The summed E-state index contributed by atoms with van der Waals surface area (Å²) in [5, 5.41) is 0.482. The lowest BCUT2D eigenvalue weighted by Crippen LogP contribution is -2.37. The Morgan fingerprint density at radius 1 is 1.10 bits per heavy atom. The average molecular weight is 419 g/mol. The number of ether oxygens (including phenoxy) is 1. The summed E-state index contributed by atoms with van der Waals surface area (Å²) >= 11 is 0. The van der Waals surface area contributed by atoms with E-state index in [1.165, 1.54) is 4.90 Å². The van der Waals surface area contributed by atoms with Gasteiger partial charge in [-0.3, -0.25) is 14.2 Å². The van der Waals surface area contributed by atoms with Crippen molar-refractivity contribution in [1.82, 2.24) is 9.55 Å². The van der Waals surface area contributed by atoms with Gasteiger partial charge in [-0.25, -0.2) is 9.78 Å². The molecule has 1 aliphatic heterocycles. The molecule has 7 nitrogen and oxygen atoms in total. The molecule has 160 valence electrons. The number of likely N-dealkylation sites (N-methyl/N-ethyl adjacent to an activating group) is 1. The van der Waals surface area contributed by atoms with Crippen molar-refractivity contribution < 1.29 is 14.3 Å². The third-order valence-electron chi connectivity index (χ3n) is 5.66. The lowest BCUT2D eigenvalue weighted by molar-refractivity contribution is -0.126. The molecule has 0 saturated carbocycles. The van der Waals surface area contributed by atoms with Crippen LogP contribution in [0.25, 0.3) is 10.9 Å². The van der Waals surface area contributed by atoms with Gasteiger partial charge in [-0.15, -0.1) is 0 Å². The van der Waals surface area contributed by atoms with Crippen LogP contribution in [0.4, 0.5) is 5.69 Å². The molecule has 2 aromatic carbocycles. The molecule has 1 aromatic heterocycles. The minimum absolute atomic E-state index is 0.0742. The molecule has 1 atom stereocenters. The fourth-order valence-corrected chi connectivity index (χ4v) is 3.88. The Hall–Kier alpha value is -3.48. The minimum atomic E-state index is -0.959. The van der Waals surface area contributed by atoms with Crippen LogP contribution in [0.15, 0.2) is 53.3 Å². The maximum atomic E-state index is 12.8. The average Bonchev–Trinajstić information content (AvgIpc) is 3.04. The highest BCUT2D eigenvalue weighted by Crippen LogP contribution is 2.18. The second-order valence-corrected chi connectivity index (χ2v) is 7.81. The van der Waals surface area contributed by atoms with E-state index in [4.69, 9.17) is 4.74 Å². The number of esters is 1. The largest absolute Gasteiger partial charge is 0.449 e. The van der Waals surface area contributed by atoms with Gasteiger partial charge in [0.1, 0.15) is 5.82 Å². The number of aryl methyl sites for hydroxylation is 1. The highest BCUT2D eigenvalue weighted by atomic mass is 16.5. The molecule has 31 heavy (non-hydrogen) atoms. The van der Waals surface area contributed by atoms with Crippen molar-refractivity contribution in [2.24, 2.45) is 0 Å². The molecular formula is C24H25N3O4. The second kappa shape index (κ2) is 8.71. The smallest absolute Gasteiger partial charge is 0.338 e. The van der Waals surface area contributed by atoms with Crippen molar-refractivity contribution in [2.75, 3.05) is 11.9 Å². The third-order valence-corrected chi connectivity index (χ3v) is 5.66. The quantitative estimate of drug-likeness (QED) is 0.606. The van der Waals surface area contributed by atoms with E-state index >= 15 is 0 Å². The first-order valence-corrected chi connectivity index (χ1v) is 10.5. The number of nitrogens with zero attached hydrogens (tertiary/aromatic N) is 3. The number of benzene rings is 2. The van der Waals surface area contributed by atoms with Crippen LogP contribution in [-0.2, 0) is 22.5 Å². The van der Waals surface area contributed by atoms with Crippen LogP contribution in [0.2, 0.25) is 0 Å². The van der Waals surface area contributed by atoms with Crippen LogP contribution < -0.4 is 10.5 Å². The first-order valence-electron chi connectivity index (χ1n) is 10.5. The summed E-state index contributed by atoms with van der Waals surface area (Å²) in [6.45, 7) is 2.22. The van der Waals surface area contributed by atoms with Gasteiger partial charge >= 0.3 is 5.97 Å². The van der Waals surface area contributed by atoms with E-state index in [0.717, 1.165) is 31.5 Å². The molecule has 1 amide bonds. The highest BCUT2D eigenvalue weighted by Gasteiger charge is 2.24. The number of hydrogen-bond acceptors (Lipinski definition) is 5. The van der Waals surface area contributed by atoms with Crippen LogP contribution in [0.3, 0.4) is 0 Å². The molecular weight excluding hydrogens is 394 g/mol. The molecule has 1 aliphatic rings. The van der Waals surface area contributed by atoms with Crippen molar-refractivity contribution in [3.05, 3.63) is 70.3 Å². The van der Waals surface area contributed by atoms with Crippen LogP contribution >= 0.6 is 0 Å². The Bertz CT molecular complexity index is 1190. The van der Waals surface area contributed by atoms with Gasteiger partial charge in [0.25, 0.3) is 11.5 Å². The van der Waals surface area contributed by atoms with Crippen LogP contribution in [-0.4, -0.2) is 34.6 Å². The zero-order valence-electron chi connectivity index (χ0n) is 17.7. The molecule has 0 bridgehead atoms. The van der Waals surface area contributed by atoms with Crippen LogP contribution in [0.5, 0.6) is 0 Å². The Balaban J connectivity index is 1.55. The van der Waals surface area contributed by atoms with E-state index in [1.54, 1.807) is 36.7 Å². The zero-order chi connectivity index (χ0) is 22.0. The molecule has 0 saturated heterocycles. The maximum absolute atomic E-state index is 12.8. The molecule has 4 rings (SSSR count). The number of aromatic nitrogens is 2. The summed E-state index contributed by atoms with van der Waals surface area (Å²) in [7, 11) is 1.64. The lowest BCUT2D eigenvalue weighted by atomic mass is 10.1. The SMILES string of the molecule is C[C@@H](OC(=O)c1ccc2c(=O)n3c(nc2c1)CCCCC3)C(=O)N(C)c1ccccc1. The van der Waals surface area contributed by atoms with Gasteiger partial charge in [-0.05, 0) is 50.1 Å². The van der Waals surface area contributed by atoms with E-state index in [-0.39, 0.29) is 17.0 Å². The van der Waals surface area contributed by atoms with Gasteiger partial charge < -0.3 is 9.64 Å². The first kappa shape index (κ1) is 20.8. The molecule has 0 spiro atoms. The number of hydrogen-bond donors (Lipinski definition) is 0. The highest BCUT2D eigenvalue weighted by molar-refractivity contribution is 5.99. The van der Waals surface area contributed by atoms with Crippen molar-refractivity contribution in [2.45, 2.75) is 45.3 Å². The number of rotatable bonds is 4. The van der Waals surface area contributed by atoms with Crippen molar-refractivity contribution >= 4 is 28.5 Å². The van der Waals surface area contributed by atoms with Crippen LogP contribution in [0.1, 0.15) is 42.4 Å². The number of fused-ring (bicyclic) bond motifs is 2. The monoisotopic (exact) mass is 419 g/mol. The molecule has 7 heteroatoms. The number of anilines is 1. The number of carbonyl (C=O) groups excluding carboxylic acids is 2. The predicted octanol–water partition coefficient (Wildman–Crippen LogP) is 3.33. The standard InChI is InChI=1S/C24H25N3O4/c1-16(22(28)26(2)18-9-5-3-6-10-18)31-24(30)17-12-13-19-20(15-17)25-21-11-7-4-8-14-27(21)23(19)29/h3,5-6,9-10,12-13,15-16H,4,7-8,11,14H2,1-2H3/t16-/m1/s1. The summed E-state index contributed by atoms with van der Waals surface area (Å²) in [6, 6.07) is 13.9. The predicted molar refractivity (Wildman–Crippen MR) is 118 cm³/mol. The number of carbonyl (C=O) groups is 2. The van der Waals surface area contributed by atoms with Gasteiger partial charge in [-0.2, -0.15) is 0 Å². The van der Waals surface area contributed by atoms with E-state index < -0.39 is 12.1 Å². The maximum Gasteiger partial charge on any atom is 0.338 e. The van der Waals surface area contributed by atoms with Gasteiger partial charge in [0.2, 0.25) is 0 Å². The first-order chi connectivity index (χ1) is 15.0. The van der Waals surface area contributed by atoms with Gasteiger partial charge in [0.05, 0.1) is 16.5 Å². The molecule has 0 radical (unpaired) electrons. The Morgan fingerprint density at radius 3 is 2.65 bits per heavy atom. The Kier molecular flexibility index (Phi) is 5.84. The van der Waals surface area contributed by atoms with E-state index in [2.05, 4.69) is 4.98 Å². The number of amides is 1. The Labute approximate surface area is 180 Å². The molecule has 0 aliphatic carbocycles. The Morgan fingerprint density at radius 2 is 1.87 bits per heavy atom. The third kappa shape index (κ3) is 4.21. The summed E-state index contributed by atoms with van der Waals surface area (Å²) in [4.78, 5) is 44.3. The summed E-state index contributed by atoms with van der Waals surface area (Å²) < 4.78 is 7.15. The summed E-state index contributed by atoms with van der Waals surface area (Å²) in [6.07, 6.45) is 2.82. The van der Waals surface area contributed by atoms with Crippen molar-refractivity contribution in [3.63, 3.8) is 0 Å². The molecule has 0 fully saturated rings. The topological polar surface area (TPSA) is 81.5 Å². The summed E-state index contributed by atoms with van der Waals surface area (Å²) in [5.41, 5.74) is 1.38. The lowest BCUT2D eigenvalue weighted by Gasteiger charge is -2.21. The normalized spacial score (nSPS) is 14.4. The van der Waals surface area contributed by atoms with Crippen molar-refractivity contribution in [1.29, 1.82) is 0 Å². The van der Waals surface area contributed by atoms with E-state index in [0.29, 0.717) is 23.1 Å². The molecule has 2 heterocycles. The van der Waals surface area contributed by atoms with Crippen molar-refractivity contribution in [3.8, 4) is 0 Å². The zero-order valence-corrected chi connectivity index (χ0v) is 17.7. The van der Waals surface area contributed by atoms with Gasteiger partial charge in [-0.1, -0.05) is 24.6 Å². The summed E-state index contributed by atoms with van der Waals surface area (Å²) in [5.74, 6) is -0.198. The minimum Gasteiger partial charge on any atom is -0.449 e. The van der Waals surface area contributed by atoms with Gasteiger partial charge in [0, 0.05) is 25.7 Å². The molecule has 0 unspecified atom stereocenters. The van der Waals surface area contributed by atoms with E-state index in [1.807, 2.05) is 30.3 Å². The fourth-order valence-electron chi connectivity index (χ4n) is 3.88. The second-order valence-electron chi connectivity index (χ2n) is 7.81. The van der Waals surface area contributed by atoms with E-state index in [9.17, 15) is 14.4 Å². The number of para-hydroxylation sites is 1. The van der Waals surface area contributed by atoms with Gasteiger partial charge in [0.15, 0.2) is 6.10 Å². The molecule has 3 aromatic rings. The molecule has 0 N–H and O–H groups in total. The fraction of sp³-hybridized carbons (Fsp3) is 0.333.